The number of nitrogens with zero attached hydrogens (tertiary/aromatic N) is 4. The van der Waals surface area contributed by atoms with Gasteiger partial charge >= 0.3 is 0 Å². The number of amides is 1. The summed E-state index contributed by atoms with van der Waals surface area (Å²) in [6.07, 6.45) is 2.55. The minimum atomic E-state index is -0.310. The van der Waals surface area contributed by atoms with Gasteiger partial charge in [-0.05, 0) is 50.5 Å². The molecule has 3 heterocycles. The van der Waals surface area contributed by atoms with E-state index in [2.05, 4.69) is 39.9 Å². The summed E-state index contributed by atoms with van der Waals surface area (Å²) in [5.74, 6) is 1.62. The summed E-state index contributed by atoms with van der Waals surface area (Å²) >= 11 is 1.45. The molecule has 2 aromatic carbocycles. The lowest BCUT2D eigenvalue weighted by Crippen LogP contribution is -2.40. The van der Waals surface area contributed by atoms with Gasteiger partial charge in [-0.25, -0.2) is 0 Å². The standard InChI is InChI=1S/C26H26N4O2S/c1-17-15-21-11-7-8-12-23(21)30(17)25(31)19(3)33-26-28-27-24(22-13-14-32-18(22)2)29(26)16-20-9-5-4-6-10-20/h4-14,17,19H,15-16H2,1-3H3. The van der Waals surface area contributed by atoms with Crippen LogP contribution >= 0.6 is 11.8 Å². The fourth-order valence-electron chi connectivity index (χ4n) is 4.41. The van der Waals surface area contributed by atoms with Crippen LogP contribution in [0.5, 0.6) is 0 Å². The van der Waals surface area contributed by atoms with E-state index in [0.29, 0.717) is 6.54 Å². The van der Waals surface area contributed by atoms with Crippen LogP contribution < -0.4 is 4.90 Å². The molecule has 2 atom stereocenters. The van der Waals surface area contributed by atoms with Crippen molar-refractivity contribution in [2.45, 2.75) is 50.2 Å². The van der Waals surface area contributed by atoms with E-state index >= 15 is 0 Å². The third kappa shape index (κ3) is 4.09. The lowest BCUT2D eigenvalue weighted by Gasteiger charge is -2.25. The summed E-state index contributed by atoms with van der Waals surface area (Å²) in [6.45, 7) is 6.58. The summed E-state index contributed by atoms with van der Waals surface area (Å²) in [4.78, 5) is 15.5. The Morgan fingerprint density at radius 1 is 1.12 bits per heavy atom. The number of furan rings is 1. The summed E-state index contributed by atoms with van der Waals surface area (Å²) in [5, 5.41) is 9.38. The van der Waals surface area contributed by atoms with E-state index in [1.807, 2.05) is 61.2 Å². The molecule has 2 aromatic heterocycles. The Balaban J connectivity index is 1.45. The molecule has 0 spiro atoms. The maximum Gasteiger partial charge on any atom is 0.240 e. The monoisotopic (exact) mass is 458 g/mol. The van der Waals surface area contributed by atoms with E-state index in [9.17, 15) is 4.79 Å². The topological polar surface area (TPSA) is 64.2 Å². The van der Waals surface area contributed by atoms with Crippen molar-refractivity contribution in [3.63, 3.8) is 0 Å². The summed E-state index contributed by atoms with van der Waals surface area (Å²) < 4.78 is 7.59. The number of rotatable bonds is 6. The molecule has 33 heavy (non-hydrogen) atoms. The van der Waals surface area contributed by atoms with Gasteiger partial charge in [0.25, 0.3) is 0 Å². The van der Waals surface area contributed by atoms with Crippen LogP contribution in [0.1, 0.15) is 30.7 Å². The van der Waals surface area contributed by atoms with Crippen molar-refractivity contribution in [1.82, 2.24) is 14.8 Å². The predicted molar refractivity (Wildman–Crippen MR) is 130 cm³/mol. The van der Waals surface area contributed by atoms with E-state index < -0.39 is 0 Å². The van der Waals surface area contributed by atoms with E-state index in [4.69, 9.17) is 4.42 Å². The van der Waals surface area contributed by atoms with Gasteiger partial charge in [-0.2, -0.15) is 0 Å². The first-order chi connectivity index (χ1) is 16.0. The minimum Gasteiger partial charge on any atom is -0.469 e. The predicted octanol–water partition coefficient (Wildman–Crippen LogP) is 5.35. The van der Waals surface area contributed by atoms with Crippen molar-refractivity contribution in [2.24, 2.45) is 0 Å². The minimum absolute atomic E-state index is 0.0905. The Labute approximate surface area is 197 Å². The van der Waals surface area contributed by atoms with Gasteiger partial charge in [0.1, 0.15) is 5.76 Å². The molecule has 0 radical (unpaired) electrons. The third-order valence-corrected chi connectivity index (χ3v) is 7.14. The highest BCUT2D eigenvalue weighted by molar-refractivity contribution is 8.00. The number of carbonyl (C=O) groups is 1. The van der Waals surface area contributed by atoms with Crippen molar-refractivity contribution in [3.05, 3.63) is 83.8 Å². The van der Waals surface area contributed by atoms with Gasteiger partial charge in [0.15, 0.2) is 11.0 Å². The molecule has 5 rings (SSSR count). The van der Waals surface area contributed by atoms with Crippen molar-refractivity contribution in [3.8, 4) is 11.4 Å². The molecule has 2 unspecified atom stereocenters. The second-order valence-electron chi connectivity index (χ2n) is 8.42. The van der Waals surface area contributed by atoms with Crippen LogP contribution in [-0.4, -0.2) is 32.0 Å². The first kappa shape index (κ1) is 21.5. The number of carbonyl (C=O) groups excluding carboxylic acids is 1. The Hall–Kier alpha value is -3.32. The molecule has 0 saturated heterocycles. The number of benzene rings is 2. The number of anilines is 1. The second kappa shape index (κ2) is 8.90. The van der Waals surface area contributed by atoms with E-state index in [0.717, 1.165) is 40.0 Å². The number of aromatic nitrogens is 3. The first-order valence-corrected chi connectivity index (χ1v) is 12.0. The lowest BCUT2D eigenvalue weighted by molar-refractivity contribution is -0.118. The number of thioether (sulfide) groups is 1. The average molecular weight is 459 g/mol. The van der Waals surface area contributed by atoms with E-state index in [1.165, 1.54) is 17.3 Å². The van der Waals surface area contributed by atoms with Crippen molar-refractivity contribution >= 4 is 23.4 Å². The second-order valence-corrected chi connectivity index (χ2v) is 9.73. The van der Waals surface area contributed by atoms with Crippen LogP contribution in [0.25, 0.3) is 11.4 Å². The van der Waals surface area contributed by atoms with E-state index in [1.54, 1.807) is 6.26 Å². The first-order valence-electron chi connectivity index (χ1n) is 11.1. The Morgan fingerprint density at radius 2 is 1.88 bits per heavy atom. The fourth-order valence-corrected chi connectivity index (χ4v) is 5.30. The Morgan fingerprint density at radius 3 is 2.64 bits per heavy atom. The highest BCUT2D eigenvalue weighted by Gasteiger charge is 2.34. The molecule has 0 aliphatic carbocycles. The molecule has 0 bridgehead atoms. The molecule has 0 fully saturated rings. The molecular formula is C26H26N4O2S. The third-order valence-electron chi connectivity index (χ3n) is 6.07. The fraction of sp³-hybridized carbons (Fsp3) is 0.269. The normalized spacial score (nSPS) is 16.1. The van der Waals surface area contributed by atoms with Gasteiger partial charge in [0.2, 0.25) is 5.91 Å². The van der Waals surface area contributed by atoms with Crippen LogP contribution in [0.15, 0.2) is 76.5 Å². The average Bonchev–Trinajstić information content (AvgIpc) is 3.50. The van der Waals surface area contributed by atoms with Crippen molar-refractivity contribution in [2.75, 3.05) is 4.90 Å². The molecule has 168 valence electrons. The van der Waals surface area contributed by atoms with Crippen LogP contribution in [0, 0.1) is 6.92 Å². The number of para-hydroxylation sites is 1. The smallest absolute Gasteiger partial charge is 0.240 e. The maximum atomic E-state index is 13.5. The van der Waals surface area contributed by atoms with Gasteiger partial charge in [-0.15, -0.1) is 10.2 Å². The van der Waals surface area contributed by atoms with Gasteiger partial charge in [-0.3, -0.25) is 9.36 Å². The summed E-state index contributed by atoms with van der Waals surface area (Å²) in [7, 11) is 0. The van der Waals surface area contributed by atoms with Gasteiger partial charge in [0, 0.05) is 11.7 Å². The number of hydrogen-bond acceptors (Lipinski definition) is 5. The molecule has 1 aliphatic rings. The zero-order chi connectivity index (χ0) is 22.9. The van der Waals surface area contributed by atoms with Gasteiger partial charge in [0.05, 0.1) is 23.6 Å². The molecule has 7 heteroatoms. The summed E-state index contributed by atoms with van der Waals surface area (Å²) in [5.41, 5.74) is 4.29. The number of fused-ring (bicyclic) bond motifs is 1. The quantitative estimate of drug-likeness (QED) is 0.364. The number of aryl methyl sites for hydroxylation is 1. The van der Waals surface area contributed by atoms with Crippen molar-refractivity contribution < 1.29 is 9.21 Å². The number of hydrogen-bond donors (Lipinski definition) is 0. The lowest BCUT2D eigenvalue weighted by atomic mass is 10.1. The zero-order valence-corrected chi connectivity index (χ0v) is 19.7. The molecule has 0 N–H and O–H groups in total. The highest BCUT2D eigenvalue weighted by Crippen LogP contribution is 2.35. The zero-order valence-electron chi connectivity index (χ0n) is 18.9. The van der Waals surface area contributed by atoms with E-state index in [-0.39, 0.29) is 17.2 Å². The van der Waals surface area contributed by atoms with Crippen LogP contribution in [-0.2, 0) is 17.8 Å². The molecule has 6 nitrogen and oxygen atoms in total. The molecule has 1 amide bonds. The van der Waals surface area contributed by atoms with Gasteiger partial charge in [-0.1, -0.05) is 60.3 Å². The molecule has 1 aliphatic heterocycles. The Bertz CT molecular complexity index is 1280. The largest absolute Gasteiger partial charge is 0.469 e. The van der Waals surface area contributed by atoms with Gasteiger partial charge < -0.3 is 9.32 Å². The van der Waals surface area contributed by atoms with Crippen LogP contribution in [0.4, 0.5) is 5.69 Å². The molecule has 0 saturated carbocycles. The Kier molecular flexibility index (Phi) is 5.81. The molecular weight excluding hydrogens is 432 g/mol. The highest BCUT2D eigenvalue weighted by atomic mass is 32.2. The summed E-state index contributed by atoms with van der Waals surface area (Å²) in [6, 6.07) is 20.4. The van der Waals surface area contributed by atoms with Crippen LogP contribution in [0.2, 0.25) is 0 Å². The van der Waals surface area contributed by atoms with Crippen molar-refractivity contribution in [1.29, 1.82) is 0 Å². The maximum absolute atomic E-state index is 13.5. The molecule has 4 aromatic rings. The SMILES string of the molecule is Cc1occc1-c1nnc(SC(C)C(=O)N2c3ccccc3CC2C)n1Cc1ccccc1. The van der Waals surface area contributed by atoms with Crippen LogP contribution in [0.3, 0.4) is 0 Å².